The highest BCUT2D eigenvalue weighted by molar-refractivity contribution is 7.92. The van der Waals surface area contributed by atoms with Gasteiger partial charge in [-0.05, 0) is 50.3 Å². The number of sulfone groups is 1. The van der Waals surface area contributed by atoms with E-state index in [4.69, 9.17) is 9.47 Å². The highest BCUT2D eigenvalue weighted by Crippen LogP contribution is 2.34. The average molecular weight is 481 g/mol. The molecule has 4 rings (SSSR count). The molecule has 2 aromatic rings. The number of carboxylic acid groups (broad SMARTS) is 1. The molecule has 2 heterocycles. The van der Waals surface area contributed by atoms with Crippen LogP contribution in [0.5, 0.6) is 0 Å². The molecule has 1 saturated heterocycles. The Morgan fingerprint density at radius 1 is 1.19 bits per heavy atom. The summed E-state index contributed by atoms with van der Waals surface area (Å²) in [6.45, 7) is 2.68. The average Bonchev–Trinajstić information content (AvgIpc) is 3.57. The van der Waals surface area contributed by atoms with Gasteiger partial charge in [0.25, 0.3) is 5.91 Å². The number of benzene rings is 1. The summed E-state index contributed by atoms with van der Waals surface area (Å²) in [5.41, 5.74) is 0.400. The van der Waals surface area contributed by atoms with Crippen LogP contribution < -0.4 is 5.32 Å². The lowest BCUT2D eigenvalue weighted by Crippen LogP contribution is -2.31. The molecule has 9 nitrogen and oxygen atoms in total. The smallest absolute Gasteiger partial charge is 0.355 e. The van der Waals surface area contributed by atoms with Crippen molar-refractivity contribution in [2.75, 3.05) is 18.5 Å². The van der Waals surface area contributed by atoms with Gasteiger partial charge in [-0.1, -0.05) is 12.1 Å². The molecule has 1 saturated carbocycles. The molecule has 32 heavy (non-hydrogen) atoms. The van der Waals surface area contributed by atoms with Gasteiger partial charge in [0.1, 0.15) is 0 Å². The first kappa shape index (κ1) is 22.8. The van der Waals surface area contributed by atoms with Gasteiger partial charge < -0.3 is 14.6 Å². The first-order chi connectivity index (χ1) is 15.3. The zero-order valence-electron chi connectivity index (χ0n) is 17.4. The van der Waals surface area contributed by atoms with E-state index in [0.29, 0.717) is 49.3 Å². The number of ether oxygens (including phenoxy) is 2. The summed E-state index contributed by atoms with van der Waals surface area (Å²) < 4.78 is 36.4. The van der Waals surface area contributed by atoms with E-state index in [2.05, 4.69) is 10.3 Å². The van der Waals surface area contributed by atoms with Crippen LogP contribution in [-0.4, -0.2) is 55.0 Å². The van der Waals surface area contributed by atoms with Crippen molar-refractivity contribution in [3.63, 3.8) is 0 Å². The van der Waals surface area contributed by atoms with Gasteiger partial charge in [-0.25, -0.2) is 18.2 Å². The Morgan fingerprint density at radius 2 is 1.84 bits per heavy atom. The second kappa shape index (κ2) is 9.26. The number of carboxylic acids is 1. The van der Waals surface area contributed by atoms with Gasteiger partial charge in [0, 0.05) is 18.1 Å². The Balaban J connectivity index is 1.57. The highest BCUT2D eigenvalue weighted by Gasteiger charge is 2.37. The third-order valence-corrected chi connectivity index (χ3v) is 8.60. The molecule has 2 N–H and O–H groups in total. The van der Waals surface area contributed by atoms with Gasteiger partial charge in [-0.2, -0.15) is 0 Å². The molecule has 11 heteroatoms. The molecule has 1 unspecified atom stereocenters. The first-order valence-corrected chi connectivity index (χ1v) is 12.7. The second-order valence-corrected chi connectivity index (χ2v) is 11.3. The number of carbonyl (C=O) groups excluding carboxylic acids is 1. The molecule has 1 amide bonds. The number of carbonyl (C=O) groups is 2. The molecule has 1 aliphatic carbocycles. The Hall–Kier alpha value is -2.34. The van der Waals surface area contributed by atoms with E-state index in [9.17, 15) is 23.1 Å². The predicted molar refractivity (Wildman–Crippen MR) is 117 cm³/mol. The molecule has 1 aliphatic heterocycles. The van der Waals surface area contributed by atoms with Crippen LogP contribution in [0.1, 0.15) is 52.7 Å². The molecule has 0 spiro atoms. The fourth-order valence-electron chi connectivity index (χ4n) is 3.52. The van der Waals surface area contributed by atoms with Crippen molar-refractivity contribution in [2.45, 2.75) is 55.0 Å². The van der Waals surface area contributed by atoms with Crippen molar-refractivity contribution in [2.24, 2.45) is 0 Å². The van der Waals surface area contributed by atoms with Gasteiger partial charge >= 0.3 is 5.97 Å². The number of hydrogen-bond donors (Lipinski definition) is 2. The van der Waals surface area contributed by atoms with Crippen LogP contribution in [0.25, 0.3) is 0 Å². The molecule has 0 bridgehead atoms. The quantitative estimate of drug-likeness (QED) is 0.589. The summed E-state index contributed by atoms with van der Waals surface area (Å²) in [7, 11) is -3.34. The zero-order valence-corrected chi connectivity index (χ0v) is 19.1. The van der Waals surface area contributed by atoms with Crippen molar-refractivity contribution in [1.82, 2.24) is 4.98 Å². The van der Waals surface area contributed by atoms with Gasteiger partial charge in [0.2, 0.25) is 0 Å². The van der Waals surface area contributed by atoms with E-state index in [0.717, 1.165) is 11.3 Å². The van der Waals surface area contributed by atoms with E-state index in [1.807, 2.05) is 0 Å². The molecule has 1 aromatic carbocycles. The first-order valence-electron chi connectivity index (χ1n) is 10.3. The number of thiazole rings is 1. The maximum absolute atomic E-state index is 13.1. The summed E-state index contributed by atoms with van der Waals surface area (Å²) in [6.07, 6.45) is 1.42. The molecular weight excluding hydrogens is 456 g/mol. The monoisotopic (exact) mass is 480 g/mol. The van der Waals surface area contributed by atoms with Crippen LogP contribution >= 0.6 is 11.3 Å². The zero-order chi connectivity index (χ0) is 22.9. The van der Waals surface area contributed by atoms with Crippen molar-refractivity contribution in [3.05, 3.63) is 40.4 Å². The normalized spacial score (nSPS) is 18.3. The maximum Gasteiger partial charge on any atom is 0.355 e. The lowest BCUT2D eigenvalue weighted by atomic mass is 10.1. The summed E-state index contributed by atoms with van der Waals surface area (Å²) in [4.78, 5) is 29.0. The molecule has 172 valence electrons. The van der Waals surface area contributed by atoms with Crippen LogP contribution in [0.3, 0.4) is 0 Å². The number of nitrogens with zero attached hydrogens (tertiary/aromatic N) is 1. The van der Waals surface area contributed by atoms with Gasteiger partial charge in [0.05, 0.1) is 16.2 Å². The van der Waals surface area contributed by atoms with Crippen molar-refractivity contribution in [1.29, 1.82) is 0 Å². The van der Waals surface area contributed by atoms with Crippen LogP contribution in [0, 0.1) is 6.92 Å². The fourth-order valence-corrected chi connectivity index (χ4v) is 5.98. The Bertz CT molecular complexity index is 1100. The summed E-state index contributed by atoms with van der Waals surface area (Å²) in [5, 5.41) is 11.7. The van der Waals surface area contributed by atoms with Crippen LogP contribution in [-0.2, 0) is 24.1 Å². The van der Waals surface area contributed by atoms with E-state index in [1.165, 1.54) is 12.1 Å². The fraction of sp³-hybridized carbons (Fsp3) is 0.476. The SMILES string of the molecule is Cc1sc(NC(=O)C(OC2CCOCC2)c2ccc(S(=O)(=O)C3CC3)cc2)nc1C(=O)O. The number of amides is 1. The minimum absolute atomic E-state index is 0.109. The van der Waals surface area contributed by atoms with Crippen molar-refractivity contribution >= 4 is 38.2 Å². The summed E-state index contributed by atoms with van der Waals surface area (Å²) >= 11 is 1.07. The van der Waals surface area contributed by atoms with Crippen LogP contribution in [0.4, 0.5) is 5.13 Å². The Labute approximate surface area is 189 Å². The van der Waals surface area contributed by atoms with E-state index in [1.54, 1.807) is 19.1 Å². The lowest BCUT2D eigenvalue weighted by Gasteiger charge is -2.27. The molecule has 0 radical (unpaired) electrons. The number of nitrogens with one attached hydrogen (secondary N) is 1. The van der Waals surface area contributed by atoms with Gasteiger partial charge in [-0.15, -0.1) is 11.3 Å². The third kappa shape index (κ3) is 5.01. The van der Waals surface area contributed by atoms with Gasteiger partial charge in [0.15, 0.2) is 26.8 Å². The van der Waals surface area contributed by atoms with Gasteiger partial charge in [-0.3, -0.25) is 10.1 Å². The highest BCUT2D eigenvalue weighted by atomic mass is 32.2. The maximum atomic E-state index is 13.1. The standard InChI is InChI=1S/C21H24N2O7S2/c1-12-17(20(25)26)22-21(31-12)23-19(24)18(30-14-8-10-29-11-9-14)13-2-4-15(5-3-13)32(27,28)16-6-7-16/h2-5,14,16,18H,6-11H2,1H3,(H,25,26)(H,22,23,24). The molecule has 1 aromatic heterocycles. The predicted octanol–water partition coefficient (Wildman–Crippen LogP) is 2.96. The molecule has 2 aliphatic rings. The second-order valence-electron chi connectivity index (χ2n) is 7.86. The molecular formula is C21H24N2O7S2. The topological polar surface area (TPSA) is 132 Å². The number of hydrogen-bond acceptors (Lipinski definition) is 8. The lowest BCUT2D eigenvalue weighted by molar-refractivity contribution is -0.136. The third-order valence-electron chi connectivity index (χ3n) is 5.44. The molecule has 2 fully saturated rings. The number of aromatic carboxylic acids is 1. The van der Waals surface area contributed by atoms with Crippen LogP contribution in [0.15, 0.2) is 29.2 Å². The minimum atomic E-state index is -3.34. The summed E-state index contributed by atoms with van der Waals surface area (Å²) in [5.74, 6) is -1.67. The number of aryl methyl sites for hydroxylation is 1. The summed E-state index contributed by atoms with van der Waals surface area (Å²) in [6, 6.07) is 6.20. The van der Waals surface area contributed by atoms with E-state index >= 15 is 0 Å². The Morgan fingerprint density at radius 3 is 2.41 bits per heavy atom. The van der Waals surface area contributed by atoms with E-state index < -0.39 is 27.8 Å². The van der Waals surface area contributed by atoms with Crippen molar-refractivity contribution < 1.29 is 32.6 Å². The van der Waals surface area contributed by atoms with Crippen molar-refractivity contribution in [3.8, 4) is 0 Å². The Kier molecular flexibility index (Phi) is 6.61. The number of rotatable bonds is 8. The number of aromatic nitrogens is 1. The largest absolute Gasteiger partial charge is 0.476 e. The van der Waals surface area contributed by atoms with E-state index in [-0.39, 0.29) is 27.1 Å². The molecule has 1 atom stereocenters. The van der Waals surface area contributed by atoms with Crippen LogP contribution in [0.2, 0.25) is 0 Å². The number of anilines is 1. The minimum Gasteiger partial charge on any atom is -0.476 e.